The van der Waals surface area contributed by atoms with E-state index in [4.69, 9.17) is 5.11 Å². The van der Waals surface area contributed by atoms with Gasteiger partial charge in [0, 0.05) is 37.6 Å². The minimum Gasteiger partial charge on any atom is -0.480 e. The maximum absolute atomic E-state index is 11.9. The van der Waals surface area contributed by atoms with Crippen molar-refractivity contribution in [3.63, 3.8) is 0 Å². The number of carbonyl (C=O) groups is 3. The van der Waals surface area contributed by atoms with Gasteiger partial charge in [0.25, 0.3) is 0 Å². The van der Waals surface area contributed by atoms with Crippen molar-refractivity contribution in [3.8, 4) is 0 Å². The number of carboxylic acid groups (broad SMARTS) is 1. The van der Waals surface area contributed by atoms with Crippen LogP contribution in [0.25, 0.3) is 0 Å². The van der Waals surface area contributed by atoms with Crippen LogP contribution in [-0.2, 0) is 9.59 Å². The van der Waals surface area contributed by atoms with Crippen molar-refractivity contribution in [1.29, 1.82) is 0 Å². The normalized spacial score (nSPS) is 18.8. The summed E-state index contributed by atoms with van der Waals surface area (Å²) in [6, 6.07) is -1.21. The van der Waals surface area contributed by atoms with Crippen LogP contribution in [0.3, 0.4) is 0 Å². The fourth-order valence-electron chi connectivity index (χ4n) is 1.72. The van der Waals surface area contributed by atoms with Gasteiger partial charge in [0.1, 0.15) is 6.04 Å². The van der Waals surface area contributed by atoms with Gasteiger partial charge in [-0.3, -0.25) is 4.79 Å². The van der Waals surface area contributed by atoms with E-state index < -0.39 is 18.0 Å². The van der Waals surface area contributed by atoms with Crippen LogP contribution < -0.4 is 10.6 Å². The first-order valence-corrected chi connectivity index (χ1v) is 7.33. The van der Waals surface area contributed by atoms with E-state index >= 15 is 0 Å². The lowest BCUT2D eigenvalue weighted by Gasteiger charge is -2.32. The van der Waals surface area contributed by atoms with Gasteiger partial charge in [-0.15, -0.1) is 0 Å². The molecule has 0 radical (unpaired) electrons. The van der Waals surface area contributed by atoms with E-state index in [0.29, 0.717) is 18.8 Å². The molecular formula is C11H19N3O4S. The van der Waals surface area contributed by atoms with Gasteiger partial charge in [0.2, 0.25) is 5.91 Å². The van der Waals surface area contributed by atoms with Crippen LogP contribution in [0.15, 0.2) is 0 Å². The van der Waals surface area contributed by atoms with E-state index in [0.717, 1.165) is 5.75 Å². The summed E-state index contributed by atoms with van der Waals surface area (Å²) in [7, 11) is 0. The van der Waals surface area contributed by atoms with E-state index in [2.05, 4.69) is 10.6 Å². The van der Waals surface area contributed by atoms with Gasteiger partial charge in [-0.2, -0.15) is 11.8 Å². The molecule has 7 nitrogen and oxygen atoms in total. The maximum atomic E-state index is 11.9. The van der Waals surface area contributed by atoms with Crippen LogP contribution in [0.4, 0.5) is 4.79 Å². The van der Waals surface area contributed by atoms with Gasteiger partial charge in [-0.1, -0.05) is 0 Å². The molecule has 19 heavy (non-hydrogen) atoms. The summed E-state index contributed by atoms with van der Waals surface area (Å²) in [4.78, 5) is 35.4. The third-order valence-electron chi connectivity index (χ3n) is 2.68. The summed E-state index contributed by atoms with van der Waals surface area (Å²) in [5, 5.41) is 14.2. The van der Waals surface area contributed by atoms with Crippen molar-refractivity contribution in [2.75, 3.05) is 31.1 Å². The molecule has 1 unspecified atom stereocenters. The molecule has 1 rings (SSSR count). The molecule has 1 fully saturated rings. The third-order valence-corrected chi connectivity index (χ3v) is 3.70. The summed E-state index contributed by atoms with van der Waals surface area (Å²) < 4.78 is 0. The molecule has 1 atom stereocenters. The van der Waals surface area contributed by atoms with Crippen LogP contribution in [0.5, 0.6) is 0 Å². The zero-order valence-corrected chi connectivity index (χ0v) is 11.7. The van der Waals surface area contributed by atoms with Crippen molar-refractivity contribution in [1.82, 2.24) is 15.5 Å². The second kappa shape index (κ2) is 7.88. The summed E-state index contributed by atoms with van der Waals surface area (Å²) >= 11 is 1.52. The van der Waals surface area contributed by atoms with Crippen molar-refractivity contribution in [2.24, 2.45) is 0 Å². The van der Waals surface area contributed by atoms with E-state index in [1.807, 2.05) is 6.92 Å². The molecule has 0 aromatic heterocycles. The second-order valence-corrected chi connectivity index (χ2v) is 5.21. The molecule has 0 spiro atoms. The van der Waals surface area contributed by atoms with Crippen molar-refractivity contribution in [2.45, 2.75) is 19.4 Å². The average Bonchev–Trinajstić information content (AvgIpc) is 2.38. The number of rotatable bonds is 5. The van der Waals surface area contributed by atoms with Crippen molar-refractivity contribution >= 4 is 29.7 Å². The highest BCUT2D eigenvalue weighted by Gasteiger charge is 2.32. The minimum absolute atomic E-state index is 0.133. The first kappa shape index (κ1) is 15.6. The Morgan fingerprint density at radius 2 is 2.11 bits per heavy atom. The topological polar surface area (TPSA) is 98.7 Å². The highest BCUT2D eigenvalue weighted by atomic mass is 32.2. The Kier molecular flexibility index (Phi) is 6.48. The van der Waals surface area contributed by atoms with Crippen molar-refractivity contribution in [3.05, 3.63) is 0 Å². The summed E-state index contributed by atoms with van der Waals surface area (Å²) in [5.74, 6) is 0.00456. The molecule has 3 amide bonds. The standard InChI is InChI=1S/C11H19N3O4S/c1-2-12-9(15)3-4-13-11(18)14-5-6-19-7-8(14)10(16)17/h8H,2-7H2,1H3,(H,12,15)(H,13,18)(H,16,17). The van der Waals surface area contributed by atoms with E-state index in [1.165, 1.54) is 16.7 Å². The number of thioether (sulfide) groups is 1. The zero-order chi connectivity index (χ0) is 14.3. The van der Waals surface area contributed by atoms with Gasteiger partial charge in [0.05, 0.1) is 0 Å². The molecular weight excluding hydrogens is 270 g/mol. The number of amides is 3. The van der Waals surface area contributed by atoms with Crippen LogP contribution in [-0.4, -0.2) is 65.1 Å². The fourth-order valence-corrected chi connectivity index (χ4v) is 2.76. The summed E-state index contributed by atoms with van der Waals surface area (Å²) in [6.07, 6.45) is 0.194. The molecule has 0 aromatic rings. The van der Waals surface area contributed by atoms with E-state index in [-0.39, 0.29) is 18.9 Å². The third kappa shape index (κ3) is 4.98. The average molecular weight is 289 g/mol. The lowest BCUT2D eigenvalue weighted by molar-refractivity contribution is -0.141. The smallest absolute Gasteiger partial charge is 0.327 e. The molecule has 1 saturated heterocycles. The van der Waals surface area contributed by atoms with Gasteiger partial charge < -0.3 is 20.6 Å². The Bertz CT molecular complexity index is 351. The maximum Gasteiger partial charge on any atom is 0.327 e. The molecule has 0 bridgehead atoms. The number of aliphatic carboxylic acids is 1. The first-order chi connectivity index (χ1) is 9.06. The molecule has 1 aliphatic rings. The van der Waals surface area contributed by atoms with Crippen LogP contribution in [0, 0.1) is 0 Å². The quantitative estimate of drug-likeness (QED) is 0.647. The Morgan fingerprint density at radius 3 is 2.74 bits per heavy atom. The van der Waals surface area contributed by atoms with Gasteiger partial charge in [-0.25, -0.2) is 9.59 Å². The van der Waals surface area contributed by atoms with Crippen LogP contribution >= 0.6 is 11.8 Å². The fraction of sp³-hybridized carbons (Fsp3) is 0.727. The zero-order valence-electron chi connectivity index (χ0n) is 10.8. The number of urea groups is 1. The molecule has 1 heterocycles. The summed E-state index contributed by atoms with van der Waals surface area (Å²) in [5.41, 5.74) is 0. The number of carboxylic acids is 1. The Hall–Kier alpha value is -1.44. The monoisotopic (exact) mass is 289 g/mol. The lowest BCUT2D eigenvalue weighted by atomic mass is 10.3. The van der Waals surface area contributed by atoms with Gasteiger partial charge >= 0.3 is 12.0 Å². The predicted molar refractivity (Wildman–Crippen MR) is 72.2 cm³/mol. The molecule has 108 valence electrons. The number of nitrogens with zero attached hydrogens (tertiary/aromatic N) is 1. The highest BCUT2D eigenvalue weighted by molar-refractivity contribution is 7.99. The van der Waals surface area contributed by atoms with Crippen LogP contribution in [0.2, 0.25) is 0 Å². The van der Waals surface area contributed by atoms with Gasteiger partial charge in [0.15, 0.2) is 0 Å². The van der Waals surface area contributed by atoms with Crippen molar-refractivity contribution < 1.29 is 19.5 Å². The molecule has 0 aromatic carbocycles. The first-order valence-electron chi connectivity index (χ1n) is 6.18. The van der Waals surface area contributed by atoms with E-state index in [9.17, 15) is 14.4 Å². The largest absolute Gasteiger partial charge is 0.480 e. The highest BCUT2D eigenvalue weighted by Crippen LogP contribution is 2.16. The summed E-state index contributed by atoms with van der Waals surface area (Å²) in [6.45, 7) is 2.99. The number of hydrogen-bond donors (Lipinski definition) is 3. The van der Waals surface area contributed by atoms with Crippen LogP contribution in [0.1, 0.15) is 13.3 Å². The number of hydrogen-bond acceptors (Lipinski definition) is 4. The Morgan fingerprint density at radius 1 is 1.37 bits per heavy atom. The molecule has 0 aliphatic carbocycles. The van der Waals surface area contributed by atoms with Gasteiger partial charge in [-0.05, 0) is 6.92 Å². The molecule has 8 heteroatoms. The van der Waals surface area contributed by atoms with E-state index in [1.54, 1.807) is 0 Å². The predicted octanol–water partition coefficient (Wildman–Crippen LogP) is -0.276. The SMILES string of the molecule is CCNC(=O)CCNC(=O)N1CCSCC1C(=O)O. The number of nitrogens with one attached hydrogen (secondary N) is 2. The lowest BCUT2D eigenvalue weighted by Crippen LogP contribution is -2.54. The second-order valence-electron chi connectivity index (χ2n) is 4.06. The Labute approximate surface area is 116 Å². The molecule has 0 saturated carbocycles. The Balaban J connectivity index is 2.38. The number of carbonyl (C=O) groups excluding carboxylic acids is 2. The molecule has 3 N–H and O–H groups in total. The minimum atomic E-state index is -0.994. The molecule has 1 aliphatic heterocycles.